The molecule has 1 aliphatic carbocycles. The van der Waals surface area contributed by atoms with Crippen LogP contribution in [0, 0.1) is 5.92 Å². The van der Waals surface area contributed by atoms with E-state index in [1.165, 1.54) is 29.4 Å². The second-order valence-corrected chi connectivity index (χ2v) is 10.4. The van der Waals surface area contributed by atoms with Gasteiger partial charge in [0, 0.05) is 19.1 Å². The summed E-state index contributed by atoms with van der Waals surface area (Å²) in [6.07, 6.45) is 3.14. The number of rotatable bonds is 6. The van der Waals surface area contributed by atoms with Crippen LogP contribution in [0.5, 0.6) is 0 Å². The molecular formula is C21H29ClN2O6S. The van der Waals surface area contributed by atoms with E-state index in [0.29, 0.717) is 19.1 Å². The standard InChI is InChI=1S/C21H29ClN2O6S/c1-14-5-3-4-6-19(14)23-20(25)15(2)30-21(26)17-13-16(7-8-18(17)22)31(27,28)24-9-11-29-12-10-24/h7-8,13-15,19H,3-6,9-12H2,1-2H3,(H,23,25)/t14-,15+,19+/m1/s1. The minimum Gasteiger partial charge on any atom is -0.449 e. The van der Waals surface area contributed by atoms with E-state index in [9.17, 15) is 18.0 Å². The largest absolute Gasteiger partial charge is 0.449 e. The van der Waals surface area contributed by atoms with Gasteiger partial charge in [-0.25, -0.2) is 13.2 Å². The molecule has 8 nitrogen and oxygen atoms in total. The van der Waals surface area contributed by atoms with Crippen molar-refractivity contribution >= 4 is 33.5 Å². The third kappa shape index (κ3) is 5.77. The SMILES string of the molecule is C[C@H](OC(=O)c1cc(S(=O)(=O)N2CCOCC2)ccc1Cl)C(=O)N[C@H]1CCCC[C@H]1C. The van der Waals surface area contributed by atoms with Crippen molar-refractivity contribution in [2.75, 3.05) is 26.3 Å². The number of nitrogens with one attached hydrogen (secondary N) is 1. The van der Waals surface area contributed by atoms with Gasteiger partial charge in [-0.1, -0.05) is 31.4 Å². The van der Waals surface area contributed by atoms with Gasteiger partial charge >= 0.3 is 5.97 Å². The van der Waals surface area contributed by atoms with Crippen molar-refractivity contribution in [2.24, 2.45) is 5.92 Å². The van der Waals surface area contributed by atoms with Crippen molar-refractivity contribution < 1.29 is 27.5 Å². The average molecular weight is 473 g/mol. The highest BCUT2D eigenvalue weighted by atomic mass is 35.5. The van der Waals surface area contributed by atoms with Gasteiger partial charge in [0.25, 0.3) is 5.91 Å². The number of nitrogens with zero attached hydrogens (tertiary/aromatic N) is 1. The number of amides is 1. The Labute approximate surface area is 188 Å². The Morgan fingerprint density at radius 1 is 1.23 bits per heavy atom. The molecule has 0 unspecified atom stereocenters. The van der Waals surface area contributed by atoms with Crippen LogP contribution in [0.4, 0.5) is 0 Å². The van der Waals surface area contributed by atoms with Crippen LogP contribution in [0.1, 0.15) is 49.9 Å². The first-order valence-corrected chi connectivity index (χ1v) is 12.4. The molecule has 1 aromatic carbocycles. The van der Waals surface area contributed by atoms with Gasteiger partial charge in [0.2, 0.25) is 10.0 Å². The van der Waals surface area contributed by atoms with E-state index in [1.807, 2.05) is 0 Å². The van der Waals surface area contributed by atoms with Gasteiger partial charge in [0.05, 0.1) is 28.7 Å². The summed E-state index contributed by atoms with van der Waals surface area (Å²) in [4.78, 5) is 25.1. The highest BCUT2D eigenvalue weighted by Crippen LogP contribution is 2.26. The van der Waals surface area contributed by atoms with Gasteiger partial charge in [-0.05, 0) is 43.9 Å². The third-order valence-electron chi connectivity index (χ3n) is 5.86. The number of halogens is 1. The molecule has 1 saturated heterocycles. The van der Waals surface area contributed by atoms with Gasteiger partial charge in [0.1, 0.15) is 0 Å². The van der Waals surface area contributed by atoms with Crippen LogP contribution < -0.4 is 5.32 Å². The van der Waals surface area contributed by atoms with Crippen molar-refractivity contribution in [3.8, 4) is 0 Å². The molecule has 2 fully saturated rings. The van der Waals surface area contributed by atoms with Crippen LogP contribution in [0.3, 0.4) is 0 Å². The molecule has 1 heterocycles. The summed E-state index contributed by atoms with van der Waals surface area (Å²) >= 11 is 6.13. The van der Waals surface area contributed by atoms with Gasteiger partial charge < -0.3 is 14.8 Å². The maximum atomic E-state index is 12.9. The summed E-state index contributed by atoms with van der Waals surface area (Å²) in [6.45, 7) is 4.69. The molecule has 2 aliphatic rings. The predicted octanol–water partition coefficient (Wildman–Crippen LogP) is 2.60. The summed E-state index contributed by atoms with van der Waals surface area (Å²) in [5.41, 5.74) is -0.0957. The van der Waals surface area contributed by atoms with Crippen molar-refractivity contribution in [3.63, 3.8) is 0 Å². The normalized spacial score (nSPS) is 23.7. The summed E-state index contributed by atoms with van der Waals surface area (Å²) < 4.78 is 37.5. The maximum absolute atomic E-state index is 12.9. The lowest BCUT2D eigenvalue weighted by molar-refractivity contribution is -0.130. The maximum Gasteiger partial charge on any atom is 0.340 e. The van der Waals surface area contributed by atoms with Gasteiger partial charge in [-0.2, -0.15) is 4.31 Å². The number of esters is 1. The molecule has 1 saturated carbocycles. The number of benzene rings is 1. The zero-order valence-electron chi connectivity index (χ0n) is 17.8. The minimum absolute atomic E-state index is 0.0550. The summed E-state index contributed by atoms with van der Waals surface area (Å²) in [7, 11) is -3.80. The number of carbonyl (C=O) groups is 2. The molecule has 31 heavy (non-hydrogen) atoms. The van der Waals surface area contributed by atoms with Crippen molar-refractivity contribution in [2.45, 2.75) is 56.6 Å². The number of carbonyl (C=O) groups excluding carboxylic acids is 2. The van der Waals surface area contributed by atoms with Crippen molar-refractivity contribution in [1.29, 1.82) is 0 Å². The quantitative estimate of drug-likeness (QED) is 0.638. The Kier molecular flexibility index (Phi) is 7.96. The van der Waals surface area contributed by atoms with Crippen LogP contribution >= 0.6 is 11.6 Å². The molecule has 3 rings (SSSR count). The first kappa shape index (κ1) is 24.0. The average Bonchev–Trinajstić information content (AvgIpc) is 2.76. The predicted molar refractivity (Wildman–Crippen MR) is 115 cm³/mol. The molecule has 0 bridgehead atoms. The smallest absolute Gasteiger partial charge is 0.340 e. The number of hydrogen-bond acceptors (Lipinski definition) is 6. The number of morpholine rings is 1. The minimum atomic E-state index is -3.80. The topological polar surface area (TPSA) is 102 Å². The zero-order chi connectivity index (χ0) is 22.6. The Hall–Kier alpha value is -1.68. The van der Waals surface area contributed by atoms with E-state index >= 15 is 0 Å². The lowest BCUT2D eigenvalue weighted by Crippen LogP contribution is -2.46. The Bertz CT molecular complexity index is 916. The molecule has 1 aliphatic heterocycles. The Morgan fingerprint density at radius 3 is 2.58 bits per heavy atom. The number of sulfonamides is 1. The van der Waals surface area contributed by atoms with E-state index in [0.717, 1.165) is 25.7 Å². The monoisotopic (exact) mass is 472 g/mol. The molecule has 0 radical (unpaired) electrons. The Morgan fingerprint density at radius 2 is 1.90 bits per heavy atom. The van der Waals surface area contributed by atoms with E-state index < -0.39 is 22.1 Å². The number of ether oxygens (including phenoxy) is 2. The molecule has 0 aromatic heterocycles. The fraction of sp³-hybridized carbons (Fsp3) is 0.619. The number of hydrogen-bond donors (Lipinski definition) is 1. The van der Waals surface area contributed by atoms with Gasteiger partial charge in [-0.15, -0.1) is 0 Å². The molecule has 1 amide bonds. The first-order chi connectivity index (χ1) is 14.7. The lowest BCUT2D eigenvalue weighted by Gasteiger charge is -2.30. The molecular weight excluding hydrogens is 444 g/mol. The van der Waals surface area contributed by atoms with Gasteiger partial charge in [0.15, 0.2) is 6.10 Å². The molecule has 1 N–H and O–H groups in total. The molecule has 172 valence electrons. The molecule has 1 aromatic rings. The summed E-state index contributed by atoms with van der Waals surface area (Å²) in [5.74, 6) is -0.846. The van der Waals surface area contributed by atoms with E-state index in [1.54, 1.807) is 0 Å². The third-order valence-corrected chi connectivity index (χ3v) is 8.08. The van der Waals surface area contributed by atoms with Crippen LogP contribution in [0.15, 0.2) is 23.1 Å². The fourth-order valence-corrected chi connectivity index (χ4v) is 5.50. The van der Waals surface area contributed by atoms with Crippen LogP contribution in [0.2, 0.25) is 5.02 Å². The van der Waals surface area contributed by atoms with Crippen LogP contribution in [-0.4, -0.2) is 63.0 Å². The van der Waals surface area contributed by atoms with Crippen LogP contribution in [0.25, 0.3) is 0 Å². The highest BCUT2D eigenvalue weighted by molar-refractivity contribution is 7.89. The molecule has 3 atom stereocenters. The summed E-state index contributed by atoms with van der Waals surface area (Å²) in [6, 6.07) is 3.96. The van der Waals surface area contributed by atoms with E-state index in [4.69, 9.17) is 21.1 Å². The molecule has 0 spiro atoms. The van der Waals surface area contributed by atoms with Gasteiger partial charge in [-0.3, -0.25) is 4.79 Å². The van der Waals surface area contributed by atoms with Crippen molar-refractivity contribution in [3.05, 3.63) is 28.8 Å². The van der Waals surface area contributed by atoms with Crippen molar-refractivity contribution in [1.82, 2.24) is 9.62 Å². The zero-order valence-corrected chi connectivity index (χ0v) is 19.4. The highest BCUT2D eigenvalue weighted by Gasteiger charge is 2.30. The second-order valence-electron chi connectivity index (χ2n) is 8.08. The first-order valence-electron chi connectivity index (χ1n) is 10.6. The second kappa shape index (κ2) is 10.3. The fourth-order valence-electron chi connectivity index (χ4n) is 3.87. The lowest BCUT2D eigenvalue weighted by atomic mass is 9.86. The van der Waals surface area contributed by atoms with E-state index in [2.05, 4.69) is 12.2 Å². The molecule has 10 heteroatoms. The van der Waals surface area contributed by atoms with Crippen LogP contribution in [-0.2, 0) is 24.3 Å². The van der Waals surface area contributed by atoms with E-state index in [-0.39, 0.29) is 40.5 Å². The Balaban J connectivity index is 1.69. The summed E-state index contributed by atoms with van der Waals surface area (Å²) in [5, 5.41) is 3.01.